The molecule has 3 rings (SSSR count). The molecule has 0 bridgehead atoms. The summed E-state index contributed by atoms with van der Waals surface area (Å²) in [5.41, 5.74) is -0.425. The molecule has 3 N–H and O–H groups in total. The number of carbonyl (C=O) groups excluding carboxylic acids is 1. The second-order valence-corrected chi connectivity index (χ2v) is 5.70. The Morgan fingerprint density at radius 1 is 1.08 bits per heavy atom. The van der Waals surface area contributed by atoms with Crippen LogP contribution in [0.25, 0.3) is 22.3 Å². The lowest BCUT2D eigenvalue weighted by molar-refractivity contribution is -0.134. The molecule has 0 aliphatic heterocycles. The summed E-state index contributed by atoms with van der Waals surface area (Å²) in [6.45, 7) is 1.79. The highest BCUT2D eigenvalue weighted by Gasteiger charge is 2.22. The molecule has 2 aromatic carbocycles. The largest absolute Gasteiger partial charge is 0.508 e. The molecule has 3 aromatic rings. The SMILES string of the molecule is CCCC(=O)Oc1c(-c2ccc(O)cc2)oc2cc(O)cc(O)c2c1=O. The van der Waals surface area contributed by atoms with Gasteiger partial charge in [-0.15, -0.1) is 0 Å². The molecule has 0 spiro atoms. The summed E-state index contributed by atoms with van der Waals surface area (Å²) >= 11 is 0. The van der Waals surface area contributed by atoms with E-state index in [0.29, 0.717) is 12.0 Å². The lowest BCUT2D eigenvalue weighted by Crippen LogP contribution is -2.15. The van der Waals surface area contributed by atoms with Crippen LogP contribution in [0.4, 0.5) is 0 Å². The number of benzene rings is 2. The maximum absolute atomic E-state index is 12.8. The highest BCUT2D eigenvalue weighted by atomic mass is 16.5. The van der Waals surface area contributed by atoms with Crippen molar-refractivity contribution in [2.24, 2.45) is 0 Å². The lowest BCUT2D eigenvalue weighted by atomic mass is 10.1. The molecular formula is C19H16O7. The standard InChI is InChI=1S/C19H16O7/c1-2-3-15(23)26-19-17(24)16-13(22)8-12(21)9-14(16)25-18(19)10-4-6-11(20)7-5-10/h4-9,20-22H,2-3H2,1H3. The summed E-state index contributed by atoms with van der Waals surface area (Å²) < 4.78 is 10.9. The molecule has 0 radical (unpaired) electrons. The predicted molar refractivity (Wildman–Crippen MR) is 93.5 cm³/mol. The third kappa shape index (κ3) is 3.19. The number of aromatic hydroxyl groups is 3. The van der Waals surface area contributed by atoms with Gasteiger partial charge in [-0.05, 0) is 30.7 Å². The summed E-state index contributed by atoms with van der Waals surface area (Å²) in [7, 11) is 0. The summed E-state index contributed by atoms with van der Waals surface area (Å²) in [5.74, 6) is -1.78. The summed E-state index contributed by atoms with van der Waals surface area (Å²) in [4.78, 5) is 24.8. The number of esters is 1. The fourth-order valence-corrected chi connectivity index (χ4v) is 2.53. The van der Waals surface area contributed by atoms with Crippen molar-refractivity contribution in [2.75, 3.05) is 0 Å². The number of hydrogen-bond donors (Lipinski definition) is 3. The maximum Gasteiger partial charge on any atom is 0.311 e. The molecule has 0 saturated carbocycles. The van der Waals surface area contributed by atoms with Gasteiger partial charge in [0.25, 0.3) is 0 Å². The second-order valence-electron chi connectivity index (χ2n) is 5.70. The predicted octanol–water partition coefficient (Wildman–Crippen LogP) is 3.28. The first-order valence-electron chi connectivity index (χ1n) is 7.93. The monoisotopic (exact) mass is 356 g/mol. The molecule has 0 aliphatic carbocycles. The Hall–Kier alpha value is -3.48. The average molecular weight is 356 g/mol. The van der Waals surface area contributed by atoms with Crippen LogP contribution in [-0.2, 0) is 4.79 Å². The molecule has 26 heavy (non-hydrogen) atoms. The van der Waals surface area contributed by atoms with Crippen LogP contribution in [0.3, 0.4) is 0 Å². The minimum absolute atomic E-state index is 0.0108. The van der Waals surface area contributed by atoms with Crippen LogP contribution in [0.2, 0.25) is 0 Å². The highest BCUT2D eigenvalue weighted by molar-refractivity contribution is 5.89. The van der Waals surface area contributed by atoms with E-state index in [0.717, 1.165) is 6.07 Å². The molecule has 0 amide bonds. The second kappa shape index (κ2) is 6.79. The molecule has 7 heteroatoms. The third-order valence-corrected chi connectivity index (χ3v) is 3.72. The van der Waals surface area contributed by atoms with E-state index in [1.165, 1.54) is 30.3 Å². The molecule has 0 atom stereocenters. The number of ether oxygens (including phenoxy) is 1. The lowest BCUT2D eigenvalue weighted by Gasteiger charge is -2.11. The first kappa shape index (κ1) is 17.3. The van der Waals surface area contributed by atoms with Crippen LogP contribution in [0.15, 0.2) is 45.6 Å². The molecule has 0 aliphatic rings. The Kier molecular flexibility index (Phi) is 4.53. The van der Waals surface area contributed by atoms with Gasteiger partial charge in [-0.2, -0.15) is 0 Å². The first-order chi connectivity index (χ1) is 12.4. The molecule has 7 nitrogen and oxygen atoms in total. The van der Waals surface area contributed by atoms with Gasteiger partial charge >= 0.3 is 5.97 Å². The minimum atomic E-state index is -0.740. The van der Waals surface area contributed by atoms with Crippen molar-refractivity contribution in [1.29, 1.82) is 0 Å². The van der Waals surface area contributed by atoms with E-state index in [9.17, 15) is 24.9 Å². The minimum Gasteiger partial charge on any atom is -0.508 e. The van der Waals surface area contributed by atoms with Crippen molar-refractivity contribution < 1.29 is 29.3 Å². The zero-order chi connectivity index (χ0) is 18.8. The first-order valence-corrected chi connectivity index (χ1v) is 7.93. The van der Waals surface area contributed by atoms with Gasteiger partial charge < -0.3 is 24.5 Å². The molecule has 0 fully saturated rings. The summed E-state index contributed by atoms with van der Waals surface area (Å²) in [6.07, 6.45) is 0.638. The van der Waals surface area contributed by atoms with Gasteiger partial charge in [0.1, 0.15) is 28.2 Å². The zero-order valence-electron chi connectivity index (χ0n) is 13.9. The number of rotatable bonds is 4. The van der Waals surface area contributed by atoms with Crippen molar-refractivity contribution in [3.8, 4) is 34.3 Å². The fourth-order valence-electron chi connectivity index (χ4n) is 2.53. The van der Waals surface area contributed by atoms with Crippen LogP contribution in [-0.4, -0.2) is 21.3 Å². The number of phenolic OH excluding ortho intramolecular Hbond substituents is 3. The third-order valence-electron chi connectivity index (χ3n) is 3.72. The average Bonchev–Trinajstić information content (AvgIpc) is 2.57. The van der Waals surface area contributed by atoms with Crippen LogP contribution < -0.4 is 10.2 Å². The number of hydrogen-bond acceptors (Lipinski definition) is 7. The fraction of sp³-hybridized carbons (Fsp3) is 0.158. The molecule has 0 saturated heterocycles. The molecule has 134 valence electrons. The Morgan fingerprint density at radius 2 is 1.77 bits per heavy atom. The van der Waals surface area contributed by atoms with Crippen molar-refractivity contribution >= 4 is 16.9 Å². The Bertz CT molecular complexity index is 1030. The molecule has 1 heterocycles. The van der Waals surface area contributed by atoms with Gasteiger partial charge in [0.05, 0.1) is 0 Å². The van der Waals surface area contributed by atoms with Crippen molar-refractivity contribution in [3.05, 3.63) is 46.6 Å². The Balaban J connectivity index is 2.30. The van der Waals surface area contributed by atoms with Crippen LogP contribution >= 0.6 is 0 Å². The van der Waals surface area contributed by atoms with E-state index < -0.39 is 17.1 Å². The number of carbonyl (C=O) groups is 1. The van der Waals surface area contributed by atoms with Crippen LogP contribution in [0.1, 0.15) is 19.8 Å². The van der Waals surface area contributed by atoms with Gasteiger partial charge in [-0.3, -0.25) is 9.59 Å². The molecule has 1 aromatic heterocycles. The van der Waals surface area contributed by atoms with E-state index >= 15 is 0 Å². The van der Waals surface area contributed by atoms with E-state index in [1.807, 2.05) is 0 Å². The number of fused-ring (bicyclic) bond motifs is 1. The molecule has 0 unspecified atom stereocenters. The van der Waals surface area contributed by atoms with E-state index in [4.69, 9.17) is 9.15 Å². The highest BCUT2D eigenvalue weighted by Crippen LogP contribution is 2.36. The van der Waals surface area contributed by atoms with E-state index in [-0.39, 0.29) is 40.4 Å². The topological polar surface area (TPSA) is 117 Å². The summed E-state index contributed by atoms with van der Waals surface area (Å²) in [6, 6.07) is 7.92. The van der Waals surface area contributed by atoms with Crippen LogP contribution in [0, 0.1) is 0 Å². The maximum atomic E-state index is 12.8. The van der Waals surface area contributed by atoms with Gasteiger partial charge in [0.15, 0.2) is 5.76 Å². The Labute approximate surface area is 147 Å². The smallest absolute Gasteiger partial charge is 0.311 e. The normalized spacial score (nSPS) is 10.8. The van der Waals surface area contributed by atoms with Gasteiger partial charge in [-0.1, -0.05) is 6.92 Å². The van der Waals surface area contributed by atoms with E-state index in [2.05, 4.69) is 0 Å². The summed E-state index contributed by atoms with van der Waals surface area (Å²) in [5, 5.41) is 28.9. The van der Waals surface area contributed by atoms with Gasteiger partial charge in [-0.25, -0.2) is 0 Å². The van der Waals surface area contributed by atoms with Gasteiger partial charge in [0, 0.05) is 24.1 Å². The number of phenols is 3. The molecular weight excluding hydrogens is 340 g/mol. The van der Waals surface area contributed by atoms with Gasteiger partial charge in [0.2, 0.25) is 11.2 Å². The zero-order valence-corrected chi connectivity index (χ0v) is 13.9. The van der Waals surface area contributed by atoms with Crippen molar-refractivity contribution in [2.45, 2.75) is 19.8 Å². The van der Waals surface area contributed by atoms with Crippen LogP contribution in [0.5, 0.6) is 23.0 Å². The Morgan fingerprint density at radius 3 is 2.42 bits per heavy atom. The quantitative estimate of drug-likeness (QED) is 0.614. The van der Waals surface area contributed by atoms with E-state index in [1.54, 1.807) is 6.92 Å². The van der Waals surface area contributed by atoms with Crippen molar-refractivity contribution in [1.82, 2.24) is 0 Å². The van der Waals surface area contributed by atoms with Crippen molar-refractivity contribution in [3.63, 3.8) is 0 Å².